The number of pyridine rings is 1. The van der Waals surface area contributed by atoms with Crippen LogP contribution in [0.2, 0.25) is 5.02 Å². The number of rotatable bonds is 4. The summed E-state index contributed by atoms with van der Waals surface area (Å²) in [4.78, 5) is 17.6. The van der Waals surface area contributed by atoms with Crippen molar-refractivity contribution in [2.45, 2.75) is 13.0 Å². The fraction of sp³-hybridized carbons (Fsp3) is 0.455. The van der Waals surface area contributed by atoms with Gasteiger partial charge < -0.3 is 10.2 Å². The summed E-state index contributed by atoms with van der Waals surface area (Å²) < 4.78 is 0. The minimum atomic E-state index is -0.188. The van der Waals surface area contributed by atoms with E-state index in [1.165, 1.54) is 6.20 Å². The van der Waals surface area contributed by atoms with Crippen LogP contribution in [0.3, 0.4) is 0 Å². The maximum atomic E-state index is 11.7. The summed E-state index contributed by atoms with van der Waals surface area (Å²) in [6, 6.07) is 1.88. The molecule has 0 fully saturated rings. The smallest absolute Gasteiger partial charge is 0.254 e. The van der Waals surface area contributed by atoms with Crippen molar-refractivity contribution in [2.24, 2.45) is 0 Å². The Kier molecular flexibility index (Phi) is 4.71. The normalized spacial score (nSPS) is 12.6. The van der Waals surface area contributed by atoms with Crippen molar-refractivity contribution in [1.82, 2.24) is 15.2 Å². The maximum absolute atomic E-state index is 11.7. The van der Waals surface area contributed by atoms with Crippen LogP contribution >= 0.6 is 11.6 Å². The highest BCUT2D eigenvalue weighted by Gasteiger charge is 2.11. The van der Waals surface area contributed by atoms with E-state index in [-0.39, 0.29) is 11.9 Å². The molecule has 1 atom stereocenters. The molecule has 1 aromatic heterocycles. The van der Waals surface area contributed by atoms with Crippen LogP contribution in [0.1, 0.15) is 17.3 Å². The Bertz CT molecular complexity index is 368. The van der Waals surface area contributed by atoms with E-state index in [2.05, 4.69) is 10.3 Å². The summed E-state index contributed by atoms with van der Waals surface area (Å²) >= 11 is 5.89. The first-order valence-electron chi connectivity index (χ1n) is 5.06. The summed E-state index contributed by atoms with van der Waals surface area (Å²) in [7, 11) is 3.93. The molecular weight excluding hydrogens is 226 g/mol. The minimum Gasteiger partial charge on any atom is -0.350 e. The molecule has 0 spiro atoms. The third kappa shape index (κ3) is 3.47. The fourth-order valence-corrected chi connectivity index (χ4v) is 1.25. The van der Waals surface area contributed by atoms with Crippen LogP contribution in [0.15, 0.2) is 18.5 Å². The highest BCUT2D eigenvalue weighted by Crippen LogP contribution is 2.12. The van der Waals surface area contributed by atoms with E-state index in [1.807, 2.05) is 25.9 Å². The lowest BCUT2D eigenvalue weighted by Crippen LogP contribution is -2.38. The van der Waals surface area contributed by atoms with Crippen LogP contribution in [-0.2, 0) is 0 Å². The Hall–Kier alpha value is -1.13. The van der Waals surface area contributed by atoms with Crippen LogP contribution in [0, 0.1) is 0 Å². The molecule has 1 heterocycles. The number of nitrogens with one attached hydrogen (secondary N) is 1. The third-order valence-electron chi connectivity index (χ3n) is 2.45. The number of hydrogen-bond acceptors (Lipinski definition) is 3. The van der Waals surface area contributed by atoms with E-state index >= 15 is 0 Å². The first kappa shape index (κ1) is 12.9. The van der Waals surface area contributed by atoms with Gasteiger partial charge in [-0.2, -0.15) is 0 Å². The minimum absolute atomic E-state index is 0.188. The van der Waals surface area contributed by atoms with Crippen molar-refractivity contribution in [3.05, 3.63) is 29.0 Å². The van der Waals surface area contributed by atoms with Crippen LogP contribution in [-0.4, -0.2) is 42.5 Å². The first-order valence-corrected chi connectivity index (χ1v) is 5.44. The second kappa shape index (κ2) is 5.82. The number of amides is 1. The Morgan fingerprint density at radius 1 is 1.62 bits per heavy atom. The van der Waals surface area contributed by atoms with Gasteiger partial charge in [0.25, 0.3) is 5.91 Å². The van der Waals surface area contributed by atoms with Gasteiger partial charge in [0.05, 0.1) is 10.6 Å². The van der Waals surface area contributed by atoms with Gasteiger partial charge in [-0.1, -0.05) is 11.6 Å². The van der Waals surface area contributed by atoms with Crippen molar-refractivity contribution < 1.29 is 4.79 Å². The fourth-order valence-electron chi connectivity index (χ4n) is 1.06. The molecule has 0 bridgehead atoms. The van der Waals surface area contributed by atoms with E-state index in [4.69, 9.17) is 11.6 Å². The van der Waals surface area contributed by atoms with Crippen molar-refractivity contribution >= 4 is 17.5 Å². The third-order valence-corrected chi connectivity index (χ3v) is 2.78. The average Bonchev–Trinajstić information content (AvgIpc) is 2.25. The lowest BCUT2D eigenvalue weighted by Gasteiger charge is -2.20. The van der Waals surface area contributed by atoms with E-state index in [0.717, 1.165) is 0 Å². The molecule has 0 saturated carbocycles. The monoisotopic (exact) mass is 241 g/mol. The van der Waals surface area contributed by atoms with E-state index < -0.39 is 0 Å². The molecule has 5 heteroatoms. The molecule has 88 valence electrons. The number of carbonyl (C=O) groups is 1. The second-order valence-electron chi connectivity index (χ2n) is 3.88. The van der Waals surface area contributed by atoms with E-state index in [9.17, 15) is 4.79 Å². The van der Waals surface area contributed by atoms with E-state index in [0.29, 0.717) is 17.1 Å². The summed E-state index contributed by atoms with van der Waals surface area (Å²) in [5.74, 6) is -0.188. The Morgan fingerprint density at radius 2 is 2.31 bits per heavy atom. The zero-order valence-corrected chi connectivity index (χ0v) is 10.5. The molecular formula is C11H16ClN3O. The van der Waals surface area contributed by atoms with Gasteiger partial charge >= 0.3 is 0 Å². The van der Waals surface area contributed by atoms with Gasteiger partial charge in [-0.15, -0.1) is 0 Å². The number of aromatic nitrogens is 1. The van der Waals surface area contributed by atoms with Crippen molar-refractivity contribution in [2.75, 3.05) is 20.6 Å². The average molecular weight is 242 g/mol. The molecule has 1 rings (SSSR count). The molecule has 1 aromatic rings. The van der Waals surface area contributed by atoms with Crippen molar-refractivity contribution in [1.29, 1.82) is 0 Å². The van der Waals surface area contributed by atoms with Gasteiger partial charge in [0.2, 0.25) is 0 Å². The number of carbonyl (C=O) groups excluding carboxylic acids is 1. The Labute approximate surface area is 101 Å². The van der Waals surface area contributed by atoms with Crippen LogP contribution in [0.25, 0.3) is 0 Å². The highest BCUT2D eigenvalue weighted by molar-refractivity contribution is 6.33. The maximum Gasteiger partial charge on any atom is 0.254 e. The van der Waals surface area contributed by atoms with Gasteiger partial charge in [0.15, 0.2) is 0 Å². The molecule has 1 unspecified atom stereocenters. The van der Waals surface area contributed by atoms with Gasteiger partial charge in [-0.3, -0.25) is 9.78 Å². The van der Waals surface area contributed by atoms with Crippen LogP contribution in [0.5, 0.6) is 0 Å². The standard InChI is InChI=1S/C11H16ClN3O/c1-8(15(2)3)6-14-11(16)9-7-13-5-4-10(9)12/h4-5,7-8H,6H2,1-3H3,(H,14,16). The molecule has 1 N–H and O–H groups in total. The SMILES string of the molecule is CC(CNC(=O)c1cnccc1Cl)N(C)C. The quantitative estimate of drug-likeness (QED) is 0.867. The van der Waals surface area contributed by atoms with Gasteiger partial charge in [0.1, 0.15) is 0 Å². The summed E-state index contributed by atoms with van der Waals surface area (Å²) in [6.07, 6.45) is 3.03. The van der Waals surface area contributed by atoms with Crippen molar-refractivity contribution in [3.8, 4) is 0 Å². The lowest BCUT2D eigenvalue weighted by molar-refractivity contribution is 0.0943. The zero-order chi connectivity index (χ0) is 12.1. The second-order valence-corrected chi connectivity index (χ2v) is 4.29. The van der Waals surface area contributed by atoms with Crippen molar-refractivity contribution in [3.63, 3.8) is 0 Å². The molecule has 0 aromatic carbocycles. The van der Waals surface area contributed by atoms with Gasteiger partial charge in [-0.05, 0) is 27.1 Å². The molecule has 16 heavy (non-hydrogen) atoms. The summed E-state index contributed by atoms with van der Waals surface area (Å²) in [5.41, 5.74) is 0.412. The number of nitrogens with zero attached hydrogens (tertiary/aromatic N) is 2. The molecule has 0 radical (unpaired) electrons. The molecule has 0 aliphatic rings. The number of likely N-dealkylation sites (N-methyl/N-ethyl adjacent to an activating group) is 1. The van der Waals surface area contributed by atoms with Crippen LogP contribution in [0.4, 0.5) is 0 Å². The number of hydrogen-bond donors (Lipinski definition) is 1. The Balaban J connectivity index is 2.57. The van der Waals surface area contributed by atoms with Gasteiger partial charge in [0, 0.05) is 25.0 Å². The summed E-state index contributed by atoms with van der Waals surface area (Å²) in [5, 5.41) is 3.24. The molecule has 0 aliphatic heterocycles. The molecule has 0 aliphatic carbocycles. The summed E-state index contributed by atoms with van der Waals surface area (Å²) in [6.45, 7) is 2.61. The predicted octanol–water partition coefficient (Wildman–Crippen LogP) is 1.41. The largest absolute Gasteiger partial charge is 0.350 e. The lowest BCUT2D eigenvalue weighted by atomic mass is 10.2. The number of halogens is 1. The highest BCUT2D eigenvalue weighted by atomic mass is 35.5. The van der Waals surface area contributed by atoms with E-state index in [1.54, 1.807) is 12.3 Å². The molecule has 4 nitrogen and oxygen atoms in total. The Morgan fingerprint density at radius 3 is 2.88 bits per heavy atom. The predicted molar refractivity (Wildman–Crippen MR) is 64.7 cm³/mol. The molecule has 0 saturated heterocycles. The zero-order valence-electron chi connectivity index (χ0n) is 9.70. The van der Waals surface area contributed by atoms with Crippen LogP contribution < -0.4 is 5.32 Å². The topological polar surface area (TPSA) is 45.2 Å². The van der Waals surface area contributed by atoms with Gasteiger partial charge in [-0.25, -0.2) is 0 Å². The first-order chi connectivity index (χ1) is 7.52. The molecule has 1 amide bonds.